The molecule has 126 valence electrons. The summed E-state index contributed by atoms with van der Waals surface area (Å²) in [5.41, 5.74) is 0.143. The summed E-state index contributed by atoms with van der Waals surface area (Å²) in [5.74, 6) is -1.33. The van der Waals surface area contributed by atoms with E-state index in [0.29, 0.717) is 4.47 Å². The topological polar surface area (TPSA) is 86.7 Å². The molecule has 2 aromatic rings. The highest BCUT2D eigenvalue weighted by Crippen LogP contribution is 2.27. The van der Waals surface area contributed by atoms with Crippen LogP contribution in [0.15, 0.2) is 56.7 Å². The zero-order chi connectivity index (χ0) is 17.9. The summed E-state index contributed by atoms with van der Waals surface area (Å²) in [6.07, 6.45) is 0. The summed E-state index contributed by atoms with van der Waals surface area (Å²) < 4.78 is 35.4. The Labute approximate surface area is 147 Å². The van der Waals surface area contributed by atoms with E-state index in [1.807, 2.05) is 0 Å². The normalized spacial score (nSPS) is 11.0. The zero-order valence-corrected chi connectivity index (χ0v) is 15.2. The monoisotopic (exact) mass is 412 g/mol. The minimum absolute atomic E-state index is 0.0531. The number of rotatable bonds is 4. The Kier molecular flexibility index (Phi) is 5.40. The van der Waals surface area contributed by atoms with E-state index in [0.717, 1.165) is 0 Å². The van der Waals surface area contributed by atoms with Crippen LogP contribution in [0.3, 0.4) is 0 Å². The van der Waals surface area contributed by atoms with Gasteiger partial charge in [0.1, 0.15) is 0 Å². The number of hydrogen-bond acceptors (Lipinski definition) is 6. The Hall–Kier alpha value is -2.19. The molecule has 0 bridgehead atoms. The Bertz CT molecular complexity index is 887. The zero-order valence-electron chi connectivity index (χ0n) is 12.8. The lowest BCUT2D eigenvalue weighted by atomic mass is 10.2. The standard InChI is InChI=1S/C16H13BrO6S/c1-22-15(18)10-3-6-12(7-4-10)24(20,21)14-8-5-11(17)9-13(14)16(19)23-2/h3-9H,1-2H3. The second-order valence-electron chi connectivity index (χ2n) is 4.65. The van der Waals surface area contributed by atoms with Crippen molar-refractivity contribution in [3.8, 4) is 0 Å². The van der Waals surface area contributed by atoms with Crippen LogP contribution in [0.5, 0.6) is 0 Å². The van der Waals surface area contributed by atoms with Gasteiger partial charge in [0.15, 0.2) is 0 Å². The number of ether oxygens (including phenoxy) is 2. The van der Waals surface area contributed by atoms with Crippen LogP contribution in [-0.2, 0) is 19.3 Å². The van der Waals surface area contributed by atoms with Gasteiger partial charge in [-0.25, -0.2) is 18.0 Å². The molecular weight excluding hydrogens is 400 g/mol. The fraction of sp³-hybridized carbons (Fsp3) is 0.125. The number of benzene rings is 2. The van der Waals surface area contributed by atoms with Crippen LogP contribution in [0.1, 0.15) is 20.7 Å². The fourth-order valence-electron chi connectivity index (χ4n) is 2.02. The van der Waals surface area contributed by atoms with Gasteiger partial charge in [0.2, 0.25) is 9.84 Å². The van der Waals surface area contributed by atoms with Gasteiger partial charge in [0, 0.05) is 4.47 Å². The third-order valence-corrected chi connectivity index (χ3v) is 5.54. The molecule has 0 heterocycles. The highest BCUT2D eigenvalue weighted by atomic mass is 79.9. The van der Waals surface area contributed by atoms with Crippen molar-refractivity contribution in [2.75, 3.05) is 14.2 Å². The molecule has 0 unspecified atom stereocenters. The lowest BCUT2D eigenvalue weighted by molar-refractivity contribution is 0.0589. The number of carbonyl (C=O) groups excluding carboxylic acids is 2. The molecule has 0 aromatic heterocycles. The van der Waals surface area contributed by atoms with Crippen molar-refractivity contribution in [1.29, 1.82) is 0 Å². The first-order chi connectivity index (χ1) is 11.3. The molecule has 24 heavy (non-hydrogen) atoms. The lowest BCUT2D eigenvalue weighted by Gasteiger charge is -2.10. The SMILES string of the molecule is COC(=O)c1ccc(S(=O)(=O)c2ccc(Br)cc2C(=O)OC)cc1. The van der Waals surface area contributed by atoms with Crippen molar-refractivity contribution >= 4 is 37.7 Å². The second kappa shape index (κ2) is 7.14. The molecule has 0 radical (unpaired) electrons. The number of esters is 2. The molecule has 0 aliphatic rings. The van der Waals surface area contributed by atoms with E-state index >= 15 is 0 Å². The average molecular weight is 413 g/mol. The molecule has 0 saturated carbocycles. The third-order valence-electron chi connectivity index (χ3n) is 3.22. The van der Waals surface area contributed by atoms with Crippen molar-refractivity contribution in [3.63, 3.8) is 0 Å². The molecule has 0 amide bonds. The van der Waals surface area contributed by atoms with Gasteiger partial charge in [-0.05, 0) is 42.5 Å². The number of sulfone groups is 1. The van der Waals surface area contributed by atoms with E-state index in [-0.39, 0.29) is 20.9 Å². The van der Waals surface area contributed by atoms with E-state index in [1.54, 1.807) is 0 Å². The Balaban J connectivity index is 2.55. The molecule has 8 heteroatoms. The first-order valence-corrected chi connectivity index (χ1v) is 8.90. The largest absolute Gasteiger partial charge is 0.465 e. The number of hydrogen-bond donors (Lipinski definition) is 0. The molecule has 0 aliphatic carbocycles. The smallest absolute Gasteiger partial charge is 0.339 e. The molecular formula is C16H13BrO6S. The van der Waals surface area contributed by atoms with Gasteiger partial charge < -0.3 is 9.47 Å². The molecule has 0 spiro atoms. The van der Waals surface area contributed by atoms with Gasteiger partial charge in [0.05, 0.1) is 35.1 Å². The predicted molar refractivity (Wildman–Crippen MR) is 88.7 cm³/mol. The number of halogens is 1. The van der Waals surface area contributed by atoms with Crippen LogP contribution in [0.25, 0.3) is 0 Å². The van der Waals surface area contributed by atoms with Gasteiger partial charge >= 0.3 is 11.9 Å². The maximum Gasteiger partial charge on any atom is 0.339 e. The predicted octanol–water partition coefficient (Wildman–Crippen LogP) is 2.86. The maximum atomic E-state index is 12.8. The molecule has 0 aliphatic heterocycles. The van der Waals surface area contributed by atoms with Crippen molar-refractivity contribution in [2.45, 2.75) is 9.79 Å². The minimum atomic E-state index is -3.96. The van der Waals surface area contributed by atoms with Gasteiger partial charge in [0.25, 0.3) is 0 Å². The van der Waals surface area contributed by atoms with Crippen LogP contribution in [0.4, 0.5) is 0 Å². The summed E-state index contributed by atoms with van der Waals surface area (Å²) in [4.78, 5) is 23.1. The summed E-state index contributed by atoms with van der Waals surface area (Å²) in [6, 6.07) is 9.46. The molecule has 2 aromatic carbocycles. The fourth-order valence-corrected chi connectivity index (χ4v) is 3.81. The molecule has 6 nitrogen and oxygen atoms in total. The van der Waals surface area contributed by atoms with Crippen molar-refractivity contribution in [1.82, 2.24) is 0 Å². The van der Waals surface area contributed by atoms with Gasteiger partial charge in [-0.3, -0.25) is 0 Å². The Morgan fingerprint density at radius 2 is 1.50 bits per heavy atom. The van der Waals surface area contributed by atoms with Crippen LogP contribution in [0, 0.1) is 0 Å². The second-order valence-corrected chi connectivity index (χ2v) is 7.49. The molecule has 0 fully saturated rings. The summed E-state index contributed by atoms with van der Waals surface area (Å²) in [6.45, 7) is 0. The Morgan fingerprint density at radius 1 is 0.917 bits per heavy atom. The average Bonchev–Trinajstić information content (AvgIpc) is 2.60. The van der Waals surface area contributed by atoms with E-state index in [4.69, 9.17) is 0 Å². The van der Waals surface area contributed by atoms with E-state index in [1.165, 1.54) is 56.7 Å². The highest BCUT2D eigenvalue weighted by Gasteiger charge is 2.25. The number of methoxy groups -OCH3 is 2. The van der Waals surface area contributed by atoms with Crippen LogP contribution < -0.4 is 0 Å². The van der Waals surface area contributed by atoms with E-state index in [2.05, 4.69) is 25.4 Å². The van der Waals surface area contributed by atoms with Gasteiger partial charge in [-0.1, -0.05) is 15.9 Å². The molecule has 0 N–H and O–H groups in total. The molecule has 2 rings (SSSR count). The van der Waals surface area contributed by atoms with Crippen LogP contribution in [-0.4, -0.2) is 34.6 Å². The molecule has 0 atom stereocenters. The first-order valence-electron chi connectivity index (χ1n) is 6.62. The third kappa shape index (κ3) is 3.49. The highest BCUT2D eigenvalue weighted by molar-refractivity contribution is 9.10. The van der Waals surface area contributed by atoms with Crippen LogP contribution in [0.2, 0.25) is 0 Å². The van der Waals surface area contributed by atoms with Crippen LogP contribution >= 0.6 is 15.9 Å². The van der Waals surface area contributed by atoms with E-state index in [9.17, 15) is 18.0 Å². The first kappa shape index (κ1) is 18.2. The van der Waals surface area contributed by atoms with Gasteiger partial charge in [-0.15, -0.1) is 0 Å². The summed E-state index contributed by atoms with van der Waals surface area (Å²) >= 11 is 3.20. The summed E-state index contributed by atoms with van der Waals surface area (Å²) in [7, 11) is -1.56. The minimum Gasteiger partial charge on any atom is -0.465 e. The lowest BCUT2D eigenvalue weighted by Crippen LogP contribution is -2.11. The van der Waals surface area contributed by atoms with Crippen molar-refractivity contribution < 1.29 is 27.5 Å². The maximum absolute atomic E-state index is 12.8. The Morgan fingerprint density at radius 3 is 2.04 bits per heavy atom. The van der Waals surface area contributed by atoms with Gasteiger partial charge in [-0.2, -0.15) is 0 Å². The van der Waals surface area contributed by atoms with Crippen molar-refractivity contribution in [3.05, 3.63) is 58.1 Å². The summed E-state index contributed by atoms with van der Waals surface area (Å²) in [5, 5.41) is 0. The van der Waals surface area contributed by atoms with E-state index < -0.39 is 21.8 Å². The number of carbonyl (C=O) groups is 2. The molecule has 0 saturated heterocycles. The van der Waals surface area contributed by atoms with Crippen molar-refractivity contribution in [2.24, 2.45) is 0 Å². The quantitative estimate of drug-likeness (QED) is 0.717.